The first-order chi connectivity index (χ1) is 8.43. The normalized spacial score (nSPS) is 10.6. The van der Waals surface area contributed by atoms with E-state index in [9.17, 15) is 0 Å². The van der Waals surface area contributed by atoms with Crippen LogP contribution in [0.3, 0.4) is 0 Å². The average molecular weight is 290 g/mol. The van der Waals surface area contributed by atoms with Crippen molar-refractivity contribution in [3.8, 4) is 0 Å². The van der Waals surface area contributed by atoms with Crippen LogP contribution in [0.5, 0.6) is 0 Å². The molecule has 3 aromatic rings. The number of benzene rings is 1. The quantitative estimate of drug-likeness (QED) is 0.732. The molecule has 6 heteroatoms. The van der Waals surface area contributed by atoms with Crippen LogP contribution in [0.1, 0.15) is 5.56 Å². The monoisotopic (exact) mass is 291 g/mol. The van der Waals surface area contributed by atoms with Gasteiger partial charge >= 0.3 is 104 Å². The maximum atomic E-state index is 4.41. The van der Waals surface area contributed by atoms with E-state index in [2.05, 4.69) is 23.2 Å². The van der Waals surface area contributed by atoms with Gasteiger partial charge in [-0.05, 0) is 0 Å². The number of fused-ring (bicyclic) bond motifs is 1. The van der Waals surface area contributed by atoms with Crippen LogP contribution >= 0.6 is 0 Å². The minimum absolute atomic E-state index is 0.00990. The Morgan fingerprint density at radius 3 is 2.88 bits per heavy atom. The zero-order valence-electron chi connectivity index (χ0n) is 8.87. The van der Waals surface area contributed by atoms with Crippen molar-refractivity contribution in [2.45, 2.75) is 6.54 Å². The van der Waals surface area contributed by atoms with Gasteiger partial charge < -0.3 is 0 Å². The Bertz CT molecular complexity index is 622. The summed E-state index contributed by atoms with van der Waals surface area (Å²) in [5.41, 5.74) is 4.03. The number of nitrogens with one attached hydrogen (secondary N) is 1. The summed E-state index contributed by atoms with van der Waals surface area (Å²) in [7, 11) is 0. The second-order valence-electron chi connectivity index (χ2n) is 3.54. The van der Waals surface area contributed by atoms with E-state index in [0.29, 0.717) is 6.54 Å². The van der Waals surface area contributed by atoms with E-state index in [1.165, 1.54) is 6.33 Å². The van der Waals surface area contributed by atoms with E-state index in [0.717, 1.165) is 22.3 Å². The summed E-state index contributed by atoms with van der Waals surface area (Å²) < 4.78 is 8.76. The molecule has 0 unspecified atom stereocenters. The summed E-state index contributed by atoms with van der Waals surface area (Å²) in [6, 6.07) is 6.00. The first-order valence-corrected chi connectivity index (χ1v) is 6.66. The average Bonchev–Trinajstić information content (AvgIpc) is 2.86. The number of hydrogen-bond acceptors (Lipinski definition) is 5. The molecule has 3 rings (SSSR count). The van der Waals surface area contributed by atoms with Gasteiger partial charge in [-0.3, -0.25) is 0 Å². The molecule has 0 aliphatic carbocycles. The molecule has 0 radical (unpaired) electrons. The van der Waals surface area contributed by atoms with Gasteiger partial charge in [-0.1, -0.05) is 0 Å². The summed E-state index contributed by atoms with van der Waals surface area (Å²) in [5.74, 6) is 0. The van der Waals surface area contributed by atoms with Crippen LogP contribution in [-0.4, -0.2) is 32.9 Å². The standard InChI is InChI=1S/C11H9N5Se/c1-2-9(11-10(3-1)15-17-16-11)14-6-8-4-12-7-13-5-8/h1-5,7,14H,6H2. The van der Waals surface area contributed by atoms with E-state index >= 15 is 0 Å². The molecule has 17 heavy (non-hydrogen) atoms. The van der Waals surface area contributed by atoms with Crippen LogP contribution < -0.4 is 5.32 Å². The molecular formula is C11H9N5Se. The molecule has 0 aliphatic heterocycles. The fourth-order valence-electron chi connectivity index (χ4n) is 1.57. The van der Waals surface area contributed by atoms with E-state index in [1.54, 1.807) is 12.4 Å². The zero-order valence-corrected chi connectivity index (χ0v) is 10.6. The second kappa shape index (κ2) is 4.61. The molecule has 84 valence electrons. The van der Waals surface area contributed by atoms with Gasteiger partial charge in [0, 0.05) is 0 Å². The van der Waals surface area contributed by atoms with E-state index in [4.69, 9.17) is 0 Å². The van der Waals surface area contributed by atoms with Crippen molar-refractivity contribution in [2.24, 2.45) is 0 Å². The zero-order chi connectivity index (χ0) is 11.5. The summed E-state index contributed by atoms with van der Waals surface area (Å²) >= 11 is 0.00990. The first-order valence-electron chi connectivity index (χ1n) is 5.12. The van der Waals surface area contributed by atoms with Gasteiger partial charge in [0.05, 0.1) is 0 Å². The Morgan fingerprint density at radius 1 is 1.12 bits per heavy atom. The maximum absolute atomic E-state index is 4.41. The van der Waals surface area contributed by atoms with Crippen LogP contribution in [0.15, 0.2) is 36.9 Å². The van der Waals surface area contributed by atoms with Crippen LogP contribution in [-0.2, 0) is 6.54 Å². The molecule has 1 N–H and O–H groups in total. The Balaban J connectivity index is 1.84. The van der Waals surface area contributed by atoms with Crippen molar-refractivity contribution >= 4 is 31.7 Å². The van der Waals surface area contributed by atoms with E-state index < -0.39 is 0 Å². The molecular weight excluding hydrogens is 281 g/mol. The fourth-order valence-corrected chi connectivity index (χ4v) is 2.72. The van der Waals surface area contributed by atoms with Gasteiger partial charge in [0.1, 0.15) is 0 Å². The van der Waals surface area contributed by atoms with E-state index in [1.807, 2.05) is 18.2 Å². The molecule has 0 amide bonds. The molecule has 2 aromatic heterocycles. The fraction of sp³-hybridized carbons (Fsp3) is 0.0909. The van der Waals surface area contributed by atoms with Gasteiger partial charge in [-0.25, -0.2) is 0 Å². The van der Waals surface area contributed by atoms with Crippen LogP contribution in [0.4, 0.5) is 5.69 Å². The summed E-state index contributed by atoms with van der Waals surface area (Å²) in [5, 5.41) is 3.34. The third kappa shape index (κ3) is 2.18. The number of hydrogen-bond donors (Lipinski definition) is 1. The SMILES string of the molecule is c1cc(NCc2cncnc2)c2n[se]nc2c1. The van der Waals surface area contributed by atoms with Gasteiger partial charge in [-0.2, -0.15) is 0 Å². The first kappa shape index (κ1) is 10.4. The summed E-state index contributed by atoms with van der Waals surface area (Å²) in [6.45, 7) is 0.694. The molecule has 0 fully saturated rings. The Hall–Kier alpha value is -1.78. The van der Waals surface area contributed by atoms with Crippen molar-refractivity contribution in [2.75, 3.05) is 5.32 Å². The molecule has 5 nitrogen and oxygen atoms in total. The molecule has 0 saturated heterocycles. The van der Waals surface area contributed by atoms with Crippen LogP contribution in [0.2, 0.25) is 0 Å². The Labute approximate surface area is 104 Å². The van der Waals surface area contributed by atoms with Gasteiger partial charge in [-0.15, -0.1) is 0 Å². The number of anilines is 1. The van der Waals surface area contributed by atoms with Gasteiger partial charge in [0.15, 0.2) is 0 Å². The topological polar surface area (TPSA) is 63.6 Å². The minimum atomic E-state index is 0.00990. The third-order valence-corrected chi connectivity index (χ3v) is 3.52. The molecule has 0 aliphatic rings. The van der Waals surface area contributed by atoms with Crippen molar-refractivity contribution in [1.29, 1.82) is 0 Å². The number of nitrogens with zero attached hydrogens (tertiary/aromatic N) is 4. The molecule has 0 spiro atoms. The predicted molar refractivity (Wildman–Crippen MR) is 65.8 cm³/mol. The van der Waals surface area contributed by atoms with Crippen molar-refractivity contribution in [1.82, 2.24) is 17.9 Å². The van der Waals surface area contributed by atoms with Crippen molar-refractivity contribution in [3.05, 3.63) is 42.5 Å². The van der Waals surface area contributed by atoms with Crippen LogP contribution in [0, 0.1) is 0 Å². The Morgan fingerprint density at radius 2 is 2.00 bits per heavy atom. The molecule has 2 heterocycles. The van der Waals surface area contributed by atoms with Crippen molar-refractivity contribution in [3.63, 3.8) is 0 Å². The molecule has 0 saturated carbocycles. The Kier molecular flexibility index (Phi) is 2.81. The molecule has 0 bridgehead atoms. The van der Waals surface area contributed by atoms with Crippen LogP contribution in [0.25, 0.3) is 11.0 Å². The predicted octanol–water partition coefficient (Wildman–Crippen LogP) is 1.09. The van der Waals surface area contributed by atoms with Gasteiger partial charge in [0.25, 0.3) is 0 Å². The number of rotatable bonds is 3. The molecule has 1 aromatic carbocycles. The van der Waals surface area contributed by atoms with Gasteiger partial charge in [0.2, 0.25) is 0 Å². The van der Waals surface area contributed by atoms with E-state index in [-0.39, 0.29) is 15.0 Å². The third-order valence-electron chi connectivity index (χ3n) is 2.38. The van der Waals surface area contributed by atoms with Crippen molar-refractivity contribution < 1.29 is 0 Å². The second-order valence-corrected chi connectivity index (χ2v) is 4.65. The molecule has 0 atom stereocenters. The summed E-state index contributed by atoms with van der Waals surface area (Å²) in [6.07, 6.45) is 5.13. The number of aromatic nitrogens is 4. The summed E-state index contributed by atoms with van der Waals surface area (Å²) in [4.78, 5) is 7.96.